The molecule has 0 fully saturated rings. The Morgan fingerprint density at radius 2 is 1.84 bits per heavy atom. The fraction of sp³-hybridized carbons (Fsp3) is 0.368. The third kappa shape index (κ3) is 4.86. The minimum absolute atomic E-state index is 0.0406. The summed E-state index contributed by atoms with van der Waals surface area (Å²) in [5.41, 5.74) is 3.25. The van der Waals surface area contributed by atoms with E-state index in [0.717, 1.165) is 28.3 Å². The van der Waals surface area contributed by atoms with Gasteiger partial charge in [0.15, 0.2) is 0 Å². The molecule has 1 atom stereocenters. The molecule has 6 nitrogen and oxygen atoms in total. The van der Waals surface area contributed by atoms with Crippen molar-refractivity contribution in [3.05, 3.63) is 46.9 Å². The van der Waals surface area contributed by atoms with E-state index in [-0.39, 0.29) is 18.0 Å². The number of anilines is 2. The number of hydrogen-bond donors (Lipinski definition) is 3. The van der Waals surface area contributed by atoms with Gasteiger partial charge in [0.1, 0.15) is 11.5 Å². The number of carbonyl (C=O) groups is 2. The van der Waals surface area contributed by atoms with Gasteiger partial charge in [-0.15, -0.1) is 0 Å². The summed E-state index contributed by atoms with van der Waals surface area (Å²) in [6.07, 6.45) is 0.423. The van der Waals surface area contributed by atoms with Crippen LogP contribution in [0.4, 0.5) is 16.2 Å². The molecule has 1 aromatic heterocycles. The van der Waals surface area contributed by atoms with Crippen molar-refractivity contribution in [1.29, 1.82) is 0 Å². The van der Waals surface area contributed by atoms with Crippen LogP contribution in [-0.4, -0.2) is 11.9 Å². The first-order valence-electron chi connectivity index (χ1n) is 8.35. The summed E-state index contributed by atoms with van der Waals surface area (Å²) >= 11 is 0. The second kappa shape index (κ2) is 7.88. The third-order valence-corrected chi connectivity index (χ3v) is 3.97. The lowest BCUT2D eigenvalue weighted by molar-refractivity contribution is -0.115. The smallest absolute Gasteiger partial charge is 0.319 e. The Morgan fingerprint density at radius 3 is 2.40 bits per heavy atom. The van der Waals surface area contributed by atoms with Crippen LogP contribution in [0.2, 0.25) is 0 Å². The van der Waals surface area contributed by atoms with Crippen molar-refractivity contribution in [3.8, 4) is 0 Å². The molecule has 1 unspecified atom stereocenters. The predicted molar refractivity (Wildman–Crippen MR) is 98.9 cm³/mol. The maximum absolute atomic E-state index is 12.2. The monoisotopic (exact) mass is 343 g/mol. The van der Waals surface area contributed by atoms with E-state index in [1.807, 2.05) is 39.8 Å². The Morgan fingerprint density at radius 1 is 1.12 bits per heavy atom. The van der Waals surface area contributed by atoms with E-state index in [0.29, 0.717) is 12.1 Å². The van der Waals surface area contributed by atoms with Gasteiger partial charge in [-0.2, -0.15) is 0 Å². The average molecular weight is 343 g/mol. The zero-order chi connectivity index (χ0) is 18.6. The Hall–Kier alpha value is -2.76. The van der Waals surface area contributed by atoms with Gasteiger partial charge in [-0.1, -0.05) is 6.92 Å². The highest BCUT2D eigenvalue weighted by Gasteiger charge is 2.15. The van der Waals surface area contributed by atoms with Crippen LogP contribution in [0.5, 0.6) is 0 Å². The minimum Gasteiger partial charge on any atom is -0.466 e. The molecule has 0 aliphatic heterocycles. The Kier molecular flexibility index (Phi) is 5.85. The van der Waals surface area contributed by atoms with Crippen molar-refractivity contribution in [1.82, 2.24) is 5.32 Å². The molecule has 3 amide bonds. The average Bonchev–Trinajstić information content (AvgIpc) is 2.88. The van der Waals surface area contributed by atoms with Crippen molar-refractivity contribution in [2.75, 3.05) is 10.6 Å². The molecule has 2 aromatic rings. The van der Waals surface area contributed by atoms with E-state index >= 15 is 0 Å². The van der Waals surface area contributed by atoms with Gasteiger partial charge >= 0.3 is 6.03 Å². The van der Waals surface area contributed by atoms with Gasteiger partial charge in [0, 0.05) is 23.4 Å². The summed E-state index contributed by atoms with van der Waals surface area (Å²) in [5, 5.41) is 8.53. The van der Waals surface area contributed by atoms with Crippen molar-refractivity contribution in [3.63, 3.8) is 0 Å². The van der Waals surface area contributed by atoms with E-state index in [9.17, 15) is 9.59 Å². The largest absolute Gasteiger partial charge is 0.466 e. The molecule has 0 aliphatic rings. The summed E-state index contributed by atoms with van der Waals surface area (Å²) in [4.78, 5) is 23.7. The molecule has 0 aliphatic carbocycles. The van der Waals surface area contributed by atoms with Gasteiger partial charge in [0.05, 0.1) is 6.04 Å². The van der Waals surface area contributed by atoms with E-state index in [1.165, 1.54) is 0 Å². The van der Waals surface area contributed by atoms with E-state index in [1.54, 1.807) is 19.1 Å². The highest BCUT2D eigenvalue weighted by atomic mass is 16.3. The van der Waals surface area contributed by atoms with Crippen molar-refractivity contribution >= 4 is 23.3 Å². The van der Waals surface area contributed by atoms with Gasteiger partial charge < -0.3 is 20.4 Å². The van der Waals surface area contributed by atoms with Crippen LogP contribution < -0.4 is 16.0 Å². The quantitative estimate of drug-likeness (QED) is 0.750. The molecule has 0 spiro atoms. The lowest BCUT2D eigenvalue weighted by Gasteiger charge is -2.15. The summed E-state index contributed by atoms with van der Waals surface area (Å²) in [7, 11) is 0. The molecule has 1 aromatic carbocycles. The first-order valence-corrected chi connectivity index (χ1v) is 8.35. The van der Waals surface area contributed by atoms with Crippen LogP contribution in [-0.2, 0) is 4.79 Å². The van der Waals surface area contributed by atoms with E-state index < -0.39 is 0 Å². The molecular weight excluding hydrogens is 318 g/mol. The number of carbonyl (C=O) groups excluding carboxylic acids is 2. The fourth-order valence-corrected chi connectivity index (χ4v) is 2.64. The minimum atomic E-state index is -0.296. The van der Waals surface area contributed by atoms with Crippen LogP contribution >= 0.6 is 0 Å². The zero-order valence-electron chi connectivity index (χ0n) is 15.3. The molecule has 2 rings (SSSR count). The highest BCUT2D eigenvalue weighted by Crippen LogP contribution is 2.22. The standard InChI is InChI=1S/C19H25N3O3/c1-6-18(23)22-17-8-7-15(9-11(17)2)21-19(24)20-13(4)16-10-12(3)25-14(16)5/h7-10,13H,6H2,1-5H3,(H,22,23)(H2,20,21,24). The van der Waals surface area contributed by atoms with Gasteiger partial charge in [-0.25, -0.2) is 4.79 Å². The number of furan rings is 1. The van der Waals surface area contributed by atoms with Crippen LogP contribution in [0.15, 0.2) is 28.7 Å². The first-order chi connectivity index (χ1) is 11.8. The molecule has 0 saturated heterocycles. The molecule has 0 radical (unpaired) electrons. The summed E-state index contributed by atoms with van der Waals surface area (Å²) in [5.74, 6) is 1.58. The second-order valence-corrected chi connectivity index (χ2v) is 6.12. The van der Waals surface area contributed by atoms with E-state index in [2.05, 4.69) is 16.0 Å². The lowest BCUT2D eigenvalue weighted by atomic mass is 10.1. The fourth-order valence-electron chi connectivity index (χ4n) is 2.64. The molecular formula is C19H25N3O3. The molecule has 25 heavy (non-hydrogen) atoms. The number of rotatable bonds is 5. The number of benzene rings is 1. The molecule has 3 N–H and O–H groups in total. The Bertz CT molecular complexity index is 780. The maximum Gasteiger partial charge on any atom is 0.319 e. The third-order valence-electron chi connectivity index (χ3n) is 3.97. The SMILES string of the molecule is CCC(=O)Nc1ccc(NC(=O)NC(C)c2cc(C)oc2C)cc1C. The summed E-state index contributed by atoms with van der Waals surface area (Å²) in [6, 6.07) is 6.83. The van der Waals surface area contributed by atoms with Crippen molar-refractivity contribution in [2.45, 2.75) is 47.1 Å². The second-order valence-electron chi connectivity index (χ2n) is 6.12. The van der Waals surface area contributed by atoms with Gasteiger partial charge in [0.2, 0.25) is 5.91 Å². The lowest BCUT2D eigenvalue weighted by Crippen LogP contribution is -2.31. The molecule has 0 saturated carbocycles. The summed E-state index contributed by atoms with van der Waals surface area (Å²) < 4.78 is 5.50. The number of nitrogens with one attached hydrogen (secondary N) is 3. The van der Waals surface area contributed by atoms with Gasteiger partial charge in [0.25, 0.3) is 0 Å². The van der Waals surface area contributed by atoms with E-state index in [4.69, 9.17) is 4.42 Å². The zero-order valence-corrected chi connectivity index (χ0v) is 15.3. The Labute approximate surface area is 148 Å². The highest BCUT2D eigenvalue weighted by molar-refractivity contribution is 5.93. The molecule has 134 valence electrons. The molecule has 0 bridgehead atoms. The van der Waals surface area contributed by atoms with Crippen LogP contribution in [0, 0.1) is 20.8 Å². The predicted octanol–water partition coefficient (Wildman–Crippen LogP) is 4.44. The Balaban J connectivity index is 1.99. The number of aryl methyl sites for hydroxylation is 3. The number of hydrogen-bond acceptors (Lipinski definition) is 3. The van der Waals surface area contributed by atoms with Crippen molar-refractivity contribution < 1.29 is 14.0 Å². The van der Waals surface area contributed by atoms with Crippen LogP contribution in [0.25, 0.3) is 0 Å². The van der Waals surface area contributed by atoms with Crippen molar-refractivity contribution in [2.24, 2.45) is 0 Å². The first kappa shape index (κ1) is 18.6. The molecule has 6 heteroatoms. The van der Waals surface area contributed by atoms with Gasteiger partial charge in [-0.05, 0) is 57.5 Å². The topological polar surface area (TPSA) is 83.4 Å². The maximum atomic E-state index is 12.2. The number of amides is 3. The molecule has 1 heterocycles. The normalized spacial score (nSPS) is 11.7. The number of urea groups is 1. The van der Waals surface area contributed by atoms with Crippen LogP contribution in [0.1, 0.15) is 49.0 Å². The summed E-state index contributed by atoms with van der Waals surface area (Å²) in [6.45, 7) is 9.35. The van der Waals surface area contributed by atoms with Gasteiger partial charge in [-0.3, -0.25) is 4.79 Å². The van der Waals surface area contributed by atoms with Crippen LogP contribution in [0.3, 0.4) is 0 Å².